The molecule has 0 saturated heterocycles. The second kappa shape index (κ2) is 17.0. The van der Waals surface area contributed by atoms with Gasteiger partial charge in [-0.15, -0.1) is 0 Å². The molecule has 10 heteroatoms. The van der Waals surface area contributed by atoms with Gasteiger partial charge in [-0.3, -0.25) is 13.9 Å². The minimum Gasteiger partial charge on any atom is -0.494 e. The molecule has 0 spiro atoms. The van der Waals surface area contributed by atoms with E-state index in [1.54, 1.807) is 24.3 Å². The fourth-order valence-corrected chi connectivity index (χ4v) is 6.63. The number of hydrogen-bond acceptors (Lipinski definition) is 5. The van der Waals surface area contributed by atoms with Crippen molar-refractivity contribution in [2.75, 3.05) is 24.0 Å². The summed E-state index contributed by atoms with van der Waals surface area (Å²) in [6.45, 7) is 6.35. The Labute approximate surface area is 283 Å². The van der Waals surface area contributed by atoms with E-state index in [1.807, 2.05) is 75.4 Å². The van der Waals surface area contributed by atoms with E-state index < -0.39 is 28.5 Å². The highest BCUT2D eigenvalue weighted by Crippen LogP contribution is 2.28. The first-order valence-electron chi connectivity index (χ1n) is 15.8. The zero-order chi connectivity index (χ0) is 33.8. The molecule has 0 aliphatic heterocycles. The first-order chi connectivity index (χ1) is 22.6. The van der Waals surface area contributed by atoms with E-state index in [0.717, 1.165) is 33.8 Å². The van der Waals surface area contributed by atoms with Gasteiger partial charge in [-0.25, -0.2) is 8.42 Å². The Morgan fingerprint density at radius 3 is 2.13 bits per heavy atom. The molecule has 0 bridgehead atoms. The van der Waals surface area contributed by atoms with Crippen molar-refractivity contribution in [2.45, 2.75) is 57.5 Å². The maximum absolute atomic E-state index is 14.6. The van der Waals surface area contributed by atoms with E-state index in [2.05, 4.69) is 5.32 Å². The van der Waals surface area contributed by atoms with E-state index in [0.29, 0.717) is 23.9 Å². The number of halogens is 1. The van der Waals surface area contributed by atoms with Gasteiger partial charge in [-0.1, -0.05) is 85.1 Å². The summed E-state index contributed by atoms with van der Waals surface area (Å²) in [7, 11) is -4.24. The molecule has 0 heterocycles. The quantitative estimate of drug-likeness (QED) is 0.132. The standard InChI is InChI=1S/C37H42ClN3O5S/c1-4-6-24-39-37(43)35(25-29-10-8-7-9-11-29)40(26-30-14-12-28(3)13-15-30)36(42)27-41(32-18-20-33(21-19-32)46-5-2)47(44,45)34-22-16-31(38)17-23-34/h7-23,35H,4-6,24-27H2,1-3H3,(H,39,43)/t35-/m0/s1. The SMILES string of the molecule is CCCCNC(=O)[C@H](Cc1ccccc1)N(Cc1ccc(C)cc1)C(=O)CN(c1ccc(OCC)cc1)S(=O)(=O)c1ccc(Cl)cc1. The summed E-state index contributed by atoms with van der Waals surface area (Å²) in [5.74, 6) is -0.251. The predicted molar refractivity (Wildman–Crippen MR) is 187 cm³/mol. The van der Waals surface area contributed by atoms with Crippen molar-refractivity contribution in [3.8, 4) is 5.75 Å². The largest absolute Gasteiger partial charge is 0.494 e. The van der Waals surface area contributed by atoms with Crippen LogP contribution in [0.1, 0.15) is 43.4 Å². The van der Waals surface area contributed by atoms with Gasteiger partial charge in [-0.05, 0) is 79.9 Å². The third kappa shape index (κ3) is 9.83. The Bertz CT molecular complexity index is 1700. The molecule has 8 nitrogen and oxygen atoms in total. The lowest BCUT2D eigenvalue weighted by molar-refractivity contribution is -0.140. The monoisotopic (exact) mass is 675 g/mol. The molecule has 0 unspecified atom stereocenters. The van der Waals surface area contributed by atoms with Gasteiger partial charge in [0.1, 0.15) is 18.3 Å². The molecule has 47 heavy (non-hydrogen) atoms. The van der Waals surface area contributed by atoms with E-state index >= 15 is 0 Å². The molecule has 0 aliphatic rings. The van der Waals surface area contributed by atoms with Crippen molar-refractivity contribution in [3.63, 3.8) is 0 Å². The number of rotatable bonds is 16. The highest BCUT2D eigenvalue weighted by atomic mass is 35.5. The Kier molecular flexibility index (Phi) is 12.8. The number of benzene rings is 4. The van der Waals surface area contributed by atoms with Crippen LogP contribution in [-0.4, -0.2) is 50.9 Å². The van der Waals surface area contributed by atoms with Crippen LogP contribution < -0.4 is 14.4 Å². The number of anilines is 1. The van der Waals surface area contributed by atoms with Crippen LogP contribution in [0.15, 0.2) is 108 Å². The van der Waals surface area contributed by atoms with Gasteiger partial charge in [0, 0.05) is 24.5 Å². The van der Waals surface area contributed by atoms with Crippen molar-refractivity contribution in [1.29, 1.82) is 0 Å². The summed E-state index contributed by atoms with van der Waals surface area (Å²) < 4.78 is 35.0. The summed E-state index contributed by atoms with van der Waals surface area (Å²) in [4.78, 5) is 29.9. The topological polar surface area (TPSA) is 96.0 Å². The minimum absolute atomic E-state index is 0.0215. The number of unbranched alkanes of at least 4 members (excludes halogenated alkanes) is 1. The Balaban J connectivity index is 1.78. The highest BCUT2D eigenvalue weighted by Gasteiger charge is 2.34. The number of nitrogens with one attached hydrogen (secondary N) is 1. The van der Waals surface area contributed by atoms with Crippen LogP contribution in [-0.2, 0) is 32.6 Å². The molecule has 1 atom stereocenters. The van der Waals surface area contributed by atoms with Gasteiger partial charge in [0.05, 0.1) is 17.2 Å². The van der Waals surface area contributed by atoms with Crippen molar-refractivity contribution in [3.05, 3.63) is 125 Å². The number of nitrogens with zero attached hydrogens (tertiary/aromatic N) is 2. The molecular weight excluding hydrogens is 634 g/mol. The predicted octanol–water partition coefficient (Wildman–Crippen LogP) is 6.80. The molecule has 0 aliphatic carbocycles. The van der Waals surface area contributed by atoms with Gasteiger partial charge < -0.3 is 15.0 Å². The normalized spacial score (nSPS) is 11.8. The van der Waals surface area contributed by atoms with Gasteiger partial charge in [0.2, 0.25) is 11.8 Å². The molecular formula is C37H42ClN3O5S. The molecule has 0 radical (unpaired) electrons. The van der Waals surface area contributed by atoms with Crippen molar-refractivity contribution in [1.82, 2.24) is 10.2 Å². The van der Waals surface area contributed by atoms with Gasteiger partial charge in [-0.2, -0.15) is 0 Å². The minimum atomic E-state index is -4.24. The second-order valence-corrected chi connectivity index (χ2v) is 13.5. The van der Waals surface area contributed by atoms with Gasteiger partial charge in [0.25, 0.3) is 10.0 Å². The average molecular weight is 676 g/mol. The number of aryl methyl sites for hydroxylation is 1. The fourth-order valence-electron chi connectivity index (χ4n) is 5.09. The number of ether oxygens (including phenoxy) is 1. The molecule has 4 aromatic carbocycles. The summed E-state index contributed by atoms with van der Waals surface area (Å²) >= 11 is 6.07. The molecule has 4 aromatic rings. The lowest BCUT2D eigenvalue weighted by atomic mass is 10.0. The van der Waals surface area contributed by atoms with Crippen LogP contribution in [0, 0.1) is 6.92 Å². The zero-order valence-corrected chi connectivity index (χ0v) is 28.6. The van der Waals surface area contributed by atoms with Crippen LogP contribution in [0.3, 0.4) is 0 Å². The van der Waals surface area contributed by atoms with Gasteiger partial charge in [0.15, 0.2) is 0 Å². The molecule has 0 aromatic heterocycles. The molecule has 0 fully saturated rings. The Morgan fingerprint density at radius 2 is 1.51 bits per heavy atom. The summed E-state index contributed by atoms with van der Waals surface area (Å²) in [5, 5.41) is 3.39. The lowest BCUT2D eigenvalue weighted by Crippen LogP contribution is -2.53. The maximum atomic E-state index is 14.6. The lowest BCUT2D eigenvalue weighted by Gasteiger charge is -2.34. The third-order valence-electron chi connectivity index (χ3n) is 7.69. The number of amides is 2. The molecule has 1 N–H and O–H groups in total. The van der Waals surface area contributed by atoms with E-state index in [9.17, 15) is 18.0 Å². The van der Waals surface area contributed by atoms with Crippen molar-refractivity contribution < 1.29 is 22.7 Å². The van der Waals surface area contributed by atoms with E-state index in [-0.39, 0.29) is 29.5 Å². The third-order valence-corrected chi connectivity index (χ3v) is 9.73. The molecule has 0 saturated carbocycles. The number of hydrogen-bond donors (Lipinski definition) is 1. The number of carbonyl (C=O) groups is 2. The summed E-state index contributed by atoms with van der Waals surface area (Å²) in [6.07, 6.45) is 1.94. The zero-order valence-electron chi connectivity index (χ0n) is 27.1. The first kappa shape index (κ1) is 35.5. The summed E-state index contributed by atoms with van der Waals surface area (Å²) in [5.41, 5.74) is 3.03. The Hall–Kier alpha value is -4.34. The molecule has 4 rings (SSSR count). The van der Waals surface area contributed by atoms with E-state index in [1.165, 1.54) is 29.2 Å². The van der Waals surface area contributed by atoms with Crippen LogP contribution in [0.25, 0.3) is 0 Å². The van der Waals surface area contributed by atoms with Crippen LogP contribution >= 0.6 is 11.6 Å². The first-order valence-corrected chi connectivity index (χ1v) is 17.6. The number of carbonyl (C=O) groups excluding carboxylic acids is 2. The second-order valence-electron chi connectivity index (χ2n) is 11.2. The van der Waals surface area contributed by atoms with Crippen LogP contribution in [0.5, 0.6) is 5.75 Å². The van der Waals surface area contributed by atoms with E-state index in [4.69, 9.17) is 16.3 Å². The smallest absolute Gasteiger partial charge is 0.264 e. The van der Waals surface area contributed by atoms with Gasteiger partial charge >= 0.3 is 0 Å². The molecule has 2 amide bonds. The maximum Gasteiger partial charge on any atom is 0.264 e. The highest BCUT2D eigenvalue weighted by molar-refractivity contribution is 7.92. The average Bonchev–Trinajstić information content (AvgIpc) is 3.07. The van der Waals surface area contributed by atoms with Crippen LogP contribution in [0.4, 0.5) is 5.69 Å². The number of sulfonamides is 1. The van der Waals surface area contributed by atoms with Crippen molar-refractivity contribution in [2.24, 2.45) is 0 Å². The Morgan fingerprint density at radius 1 is 0.851 bits per heavy atom. The molecule has 248 valence electrons. The fraction of sp³-hybridized carbons (Fsp3) is 0.297. The van der Waals surface area contributed by atoms with Crippen molar-refractivity contribution >= 4 is 39.1 Å². The van der Waals surface area contributed by atoms with Crippen LogP contribution in [0.2, 0.25) is 5.02 Å². The summed E-state index contributed by atoms with van der Waals surface area (Å²) in [6, 6.07) is 28.7.